The second-order valence-corrected chi connectivity index (χ2v) is 7.25. The van der Waals surface area contributed by atoms with E-state index in [2.05, 4.69) is 10.1 Å². The lowest BCUT2D eigenvalue weighted by molar-refractivity contribution is 0.589. The lowest BCUT2D eigenvalue weighted by atomic mass is 10.1. The normalized spacial score (nSPS) is 11.9. The van der Waals surface area contributed by atoms with Crippen molar-refractivity contribution in [3.63, 3.8) is 0 Å². The Morgan fingerprint density at radius 1 is 1.00 bits per heavy atom. The van der Waals surface area contributed by atoms with Gasteiger partial charge in [0, 0.05) is 42.2 Å². The van der Waals surface area contributed by atoms with Gasteiger partial charge in [-0.1, -0.05) is 18.2 Å². The highest BCUT2D eigenvalue weighted by molar-refractivity contribution is 7.90. The Bertz CT molecular complexity index is 1130. The van der Waals surface area contributed by atoms with Crippen molar-refractivity contribution in [1.82, 2.24) is 18.7 Å². The van der Waals surface area contributed by atoms with Gasteiger partial charge >= 0.3 is 0 Å². The van der Waals surface area contributed by atoms with Gasteiger partial charge in [0.15, 0.2) is 5.65 Å². The standard InChI is InChI=1S/C17H14N4O2S/c1-20-11-13(10-19-20)16-12-21(17-15(16)8-5-9-18-17)24(22,23)14-6-3-2-4-7-14/h2-12H,1H3. The predicted octanol–water partition coefficient (Wildman–Crippen LogP) is 2.67. The number of rotatable bonds is 3. The summed E-state index contributed by atoms with van der Waals surface area (Å²) in [6.07, 6.45) is 6.76. The van der Waals surface area contributed by atoms with Crippen molar-refractivity contribution < 1.29 is 8.42 Å². The van der Waals surface area contributed by atoms with E-state index in [1.54, 1.807) is 59.7 Å². The van der Waals surface area contributed by atoms with Gasteiger partial charge in [0.05, 0.1) is 11.1 Å². The molecule has 0 aliphatic carbocycles. The molecule has 0 saturated heterocycles. The first-order valence-electron chi connectivity index (χ1n) is 7.33. The monoisotopic (exact) mass is 338 g/mol. The van der Waals surface area contributed by atoms with Crippen LogP contribution in [0.15, 0.2) is 72.1 Å². The zero-order valence-electron chi connectivity index (χ0n) is 12.9. The molecule has 24 heavy (non-hydrogen) atoms. The average molecular weight is 338 g/mol. The Morgan fingerprint density at radius 2 is 1.79 bits per heavy atom. The molecule has 0 fully saturated rings. The fourth-order valence-electron chi connectivity index (χ4n) is 2.71. The Kier molecular flexibility index (Phi) is 3.24. The first-order valence-corrected chi connectivity index (χ1v) is 8.77. The van der Waals surface area contributed by atoms with Crippen LogP contribution in [0.2, 0.25) is 0 Å². The highest BCUT2D eigenvalue weighted by Crippen LogP contribution is 2.31. The second-order valence-electron chi connectivity index (χ2n) is 5.43. The number of fused-ring (bicyclic) bond motifs is 1. The first kappa shape index (κ1) is 14.6. The lowest BCUT2D eigenvalue weighted by Crippen LogP contribution is -2.12. The molecule has 7 heteroatoms. The van der Waals surface area contributed by atoms with Crippen LogP contribution in [0.1, 0.15) is 0 Å². The Hall–Kier alpha value is -2.93. The summed E-state index contributed by atoms with van der Waals surface area (Å²) in [5.74, 6) is 0. The molecule has 6 nitrogen and oxygen atoms in total. The summed E-state index contributed by atoms with van der Waals surface area (Å²) in [5.41, 5.74) is 2.03. The third kappa shape index (κ3) is 2.21. The number of benzene rings is 1. The summed E-state index contributed by atoms with van der Waals surface area (Å²) in [6.45, 7) is 0. The van der Waals surface area contributed by atoms with E-state index >= 15 is 0 Å². The van der Waals surface area contributed by atoms with Gasteiger partial charge in [-0.05, 0) is 24.3 Å². The second kappa shape index (κ2) is 5.31. The van der Waals surface area contributed by atoms with Crippen molar-refractivity contribution in [1.29, 1.82) is 0 Å². The summed E-state index contributed by atoms with van der Waals surface area (Å²) < 4.78 is 28.9. The molecular weight excluding hydrogens is 324 g/mol. The third-order valence-electron chi connectivity index (χ3n) is 3.85. The van der Waals surface area contributed by atoms with Gasteiger partial charge in [0.2, 0.25) is 0 Å². The van der Waals surface area contributed by atoms with E-state index in [-0.39, 0.29) is 4.90 Å². The van der Waals surface area contributed by atoms with Crippen LogP contribution in [0, 0.1) is 0 Å². The summed E-state index contributed by atoms with van der Waals surface area (Å²) in [5, 5.41) is 4.94. The van der Waals surface area contributed by atoms with Gasteiger partial charge in [-0.25, -0.2) is 17.4 Å². The van der Waals surface area contributed by atoms with Gasteiger partial charge in [0.1, 0.15) is 0 Å². The molecule has 0 N–H and O–H groups in total. The minimum absolute atomic E-state index is 0.227. The topological polar surface area (TPSA) is 69.8 Å². The van der Waals surface area contributed by atoms with Crippen molar-refractivity contribution in [3.05, 3.63) is 67.3 Å². The number of aryl methyl sites for hydroxylation is 1. The summed E-state index contributed by atoms with van der Waals surface area (Å²) in [6, 6.07) is 12.0. The zero-order valence-corrected chi connectivity index (χ0v) is 13.7. The van der Waals surface area contributed by atoms with Crippen molar-refractivity contribution >= 4 is 21.1 Å². The van der Waals surface area contributed by atoms with E-state index in [1.807, 2.05) is 19.3 Å². The quantitative estimate of drug-likeness (QED) is 0.576. The van der Waals surface area contributed by atoms with E-state index in [4.69, 9.17) is 0 Å². The fourth-order valence-corrected chi connectivity index (χ4v) is 4.06. The molecule has 0 bridgehead atoms. The molecule has 4 rings (SSSR count). The largest absolute Gasteiger partial charge is 0.275 e. The molecule has 0 aliphatic rings. The average Bonchev–Trinajstić information content (AvgIpc) is 3.19. The first-order chi connectivity index (χ1) is 11.6. The van der Waals surface area contributed by atoms with Crippen LogP contribution in [0.25, 0.3) is 22.2 Å². The van der Waals surface area contributed by atoms with Gasteiger partial charge in [-0.2, -0.15) is 5.10 Å². The summed E-state index contributed by atoms with van der Waals surface area (Å²) in [4.78, 5) is 4.51. The van der Waals surface area contributed by atoms with Crippen molar-refractivity contribution in [2.24, 2.45) is 7.05 Å². The molecule has 0 radical (unpaired) electrons. The highest BCUT2D eigenvalue weighted by Gasteiger charge is 2.22. The molecule has 0 unspecified atom stereocenters. The summed E-state index contributed by atoms with van der Waals surface area (Å²) >= 11 is 0. The molecule has 0 amide bonds. The molecule has 0 atom stereocenters. The number of pyridine rings is 1. The highest BCUT2D eigenvalue weighted by atomic mass is 32.2. The van der Waals surface area contributed by atoms with Gasteiger partial charge in [0.25, 0.3) is 10.0 Å². The van der Waals surface area contributed by atoms with E-state index < -0.39 is 10.0 Å². The van der Waals surface area contributed by atoms with Crippen molar-refractivity contribution in [3.8, 4) is 11.1 Å². The maximum atomic E-state index is 13.0. The molecule has 3 aromatic heterocycles. The van der Waals surface area contributed by atoms with Crippen LogP contribution in [0.3, 0.4) is 0 Å². The van der Waals surface area contributed by atoms with E-state index in [9.17, 15) is 8.42 Å². The lowest BCUT2D eigenvalue weighted by Gasteiger charge is -2.06. The van der Waals surface area contributed by atoms with Gasteiger partial charge in [-0.3, -0.25) is 4.68 Å². The van der Waals surface area contributed by atoms with Crippen LogP contribution in [-0.4, -0.2) is 27.2 Å². The smallest absolute Gasteiger partial charge is 0.269 e. The Morgan fingerprint density at radius 3 is 2.50 bits per heavy atom. The van der Waals surface area contributed by atoms with Crippen LogP contribution in [-0.2, 0) is 17.1 Å². The number of nitrogens with zero attached hydrogens (tertiary/aromatic N) is 4. The van der Waals surface area contributed by atoms with Gasteiger partial charge < -0.3 is 0 Å². The fraction of sp³-hybridized carbons (Fsp3) is 0.0588. The Balaban J connectivity index is 2.01. The van der Waals surface area contributed by atoms with Crippen LogP contribution >= 0.6 is 0 Å². The maximum absolute atomic E-state index is 13.0. The van der Waals surface area contributed by atoms with E-state index in [1.165, 1.54) is 3.97 Å². The minimum Gasteiger partial charge on any atom is -0.275 e. The van der Waals surface area contributed by atoms with Crippen LogP contribution < -0.4 is 0 Å². The molecule has 0 saturated carbocycles. The SMILES string of the molecule is Cn1cc(-c2cn(S(=O)(=O)c3ccccc3)c3ncccc23)cn1. The predicted molar refractivity (Wildman–Crippen MR) is 91.0 cm³/mol. The molecule has 1 aromatic carbocycles. The summed E-state index contributed by atoms with van der Waals surface area (Å²) in [7, 11) is -1.90. The minimum atomic E-state index is -3.72. The van der Waals surface area contributed by atoms with Crippen LogP contribution in [0.4, 0.5) is 0 Å². The van der Waals surface area contributed by atoms with Crippen LogP contribution in [0.5, 0.6) is 0 Å². The molecule has 0 aliphatic heterocycles. The Labute approximate surface area is 139 Å². The molecule has 120 valence electrons. The molecule has 3 heterocycles. The van der Waals surface area contributed by atoms with Crippen molar-refractivity contribution in [2.75, 3.05) is 0 Å². The third-order valence-corrected chi connectivity index (χ3v) is 5.51. The maximum Gasteiger partial charge on any atom is 0.269 e. The molecule has 0 spiro atoms. The number of hydrogen-bond acceptors (Lipinski definition) is 4. The van der Waals surface area contributed by atoms with E-state index in [0.717, 1.165) is 16.5 Å². The van der Waals surface area contributed by atoms with E-state index in [0.29, 0.717) is 5.65 Å². The molecular formula is C17H14N4O2S. The number of aromatic nitrogens is 4. The zero-order chi connectivity index (χ0) is 16.7. The van der Waals surface area contributed by atoms with Crippen molar-refractivity contribution in [2.45, 2.75) is 4.90 Å². The van der Waals surface area contributed by atoms with Gasteiger partial charge in [-0.15, -0.1) is 0 Å². The molecule has 4 aromatic rings. The number of hydrogen-bond donors (Lipinski definition) is 0.